The lowest BCUT2D eigenvalue weighted by molar-refractivity contribution is -0.137. The van der Waals surface area contributed by atoms with Crippen LogP contribution in [0.25, 0.3) is 10.9 Å². The second kappa shape index (κ2) is 6.81. The minimum atomic E-state index is -1.06. The minimum Gasteiger partial charge on any atom is -0.480 e. The summed E-state index contributed by atoms with van der Waals surface area (Å²) in [7, 11) is 1.51. The molecule has 110 valence electrons. The van der Waals surface area contributed by atoms with Crippen molar-refractivity contribution in [1.29, 1.82) is 0 Å². The zero-order valence-corrected chi connectivity index (χ0v) is 11.7. The SMILES string of the molecule is COCCN(CC(=O)O)C(=O)c1ccnc2ccccc12. The van der Waals surface area contributed by atoms with Crippen LogP contribution in [0.15, 0.2) is 36.5 Å². The number of nitrogens with zero attached hydrogens (tertiary/aromatic N) is 2. The van der Waals surface area contributed by atoms with Crippen LogP contribution in [0.2, 0.25) is 0 Å². The third-order valence-electron chi connectivity index (χ3n) is 3.06. The molecule has 21 heavy (non-hydrogen) atoms. The highest BCUT2D eigenvalue weighted by Gasteiger charge is 2.20. The maximum atomic E-state index is 12.6. The van der Waals surface area contributed by atoms with Crippen molar-refractivity contribution < 1.29 is 19.4 Å². The molecule has 1 N–H and O–H groups in total. The van der Waals surface area contributed by atoms with E-state index >= 15 is 0 Å². The standard InChI is InChI=1S/C15H16N2O4/c1-21-9-8-17(10-14(18)19)15(20)12-6-7-16-13-5-3-2-4-11(12)13/h2-7H,8-10H2,1H3,(H,18,19). The molecule has 0 aliphatic heterocycles. The highest BCUT2D eigenvalue weighted by molar-refractivity contribution is 6.06. The molecule has 0 aliphatic carbocycles. The van der Waals surface area contributed by atoms with Gasteiger partial charge in [0.2, 0.25) is 0 Å². The highest BCUT2D eigenvalue weighted by atomic mass is 16.5. The number of hydrogen-bond acceptors (Lipinski definition) is 4. The Morgan fingerprint density at radius 2 is 2.05 bits per heavy atom. The molecule has 0 radical (unpaired) electrons. The molecule has 0 spiro atoms. The van der Waals surface area contributed by atoms with E-state index in [0.717, 1.165) is 0 Å². The first-order valence-corrected chi connectivity index (χ1v) is 6.47. The number of carboxylic acid groups (broad SMARTS) is 1. The number of ether oxygens (including phenoxy) is 1. The van der Waals surface area contributed by atoms with Crippen molar-refractivity contribution in [3.05, 3.63) is 42.1 Å². The Balaban J connectivity index is 2.35. The smallest absolute Gasteiger partial charge is 0.323 e. The van der Waals surface area contributed by atoms with E-state index in [1.165, 1.54) is 12.0 Å². The number of hydrogen-bond donors (Lipinski definition) is 1. The fourth-order valence-electron chi connectivity index (χ4n) is 2.07. The summed E-state index contributed by atoms with van der Waals surface area (Å²) in [6, 6.07) is 8.86. The molecule has 1 amide bonds. The van der Waals surface area contributed by atoms with Crippen molar-refractivity contribution in [3.8, 4) is 0 Å². The van der Waals surface area contributed by atoms with Gasteiger partial charge in [0, 0.05) is 25.2 Å². The zero-order valence-electron chi connectivity index (χ0n) is 11.7. The summed E-state index contributed by atoms with van der Waals surface area (Å²) in [6.45, 7) is 0.138. The average molecular weight is 288 g/mol. The van der Waals surface area contributed by atoms with Gasteiger partial charge >= 0.3 is 5.97 Å². The molecule has 2 aromatic rings. The molecule has 0 fully saturated rings. The van der Waals surface area contributed by atoms with E-state index in [9.17, 15) is 9.59 Å². The van der Waals surface area contributed by atoms with E-state index in [0.29, 0.717) is 16.5 Å². The van der Waals surface area contributed by atoms with Crippen LogP contribution >= 0.6 is 0 Å². The van der Waals surface area contributed by atoms with Crippen LogP contribution in [-0.2, 0) is 9.53 Å². The van der Waals surface area contributed by atoms with E-state index < -0.39 is 5.97 Å². The van der Waals surface area contributed by atoms with Gasteiger partial charge in [-0.05, 0) is 12.1 Å². The summed E-state index contributed by atoms with van der Waals surface area (Å²) in [6.07, 6.45) is 1.55. The van der Waals surface area contributed by atoms with Gasteiger partial charge in [-0.25, -0.2) is 0 Å². The first-order valence-electron chi connectivity index (χ1n) is 6.47. The topological polar surface area (TPSA) is 79.7 Å². The van der Waals surface area contributed by atoms with Gasteiger partial charge in [-0.1, -0.05) is 18.2 Å². The first-order chi connectivity index (χ1) is 10.1. The summed E-state index contributed by atoms with van der Waals surface area (Å²) in [5, 5.41) is 9.65. The molecule has 0 unspecified atom stereocenters. The van der Waals surface area contributed by atoms with Gasteiger partial charge in [0.05, 0.1) is 17.7 Å². The number of carbonyl (C=O) groups is 2. The number of amides is 1. The molecule has 0 saturated heterocycles. The van der Waals surface area contributed by atoms with Gasteiger partial charge in [-0.15, -0.1) is 0 Å². The Kier molecular flexibility index (Phi) is 4.84. The van der Waals surface area contributed by atoms with Crippen LogP contribution < -0.4 is 0 Å². The third kappa shape index (κ3) is 3.55. The van der Waals surface area contributed by atoms with Gasteiger partial charge < -0.3 is 14.7 Å². The van der Waals surface area contributed by atoms with Crippen LogP contribution in [0.1, 0.15) is 10.4 Å². The largest absolute Gasteiger partial charge is 0.480 e. The summed E-state index contributed by atoms with van der Waals surface area (Å²) in [5.41, 5.74) is 1.14. The zero-order chi connectivity index (χ0) is 15.2. The number of para-hydroxylation sites is 1. The monoisotopic (exact) mass is 288 g/mol. The molecular formula is C15H16N2O4. The second-order valence-electron chi connectivity index (χ2n) is 4.49. The summed E-state index contributed by atoms with van der Waals surface area (Å²) in [5.74, 6) is -1.40. The quantitative estimate of drug-likeness (QED) is 0.869. The fraction of sp³-hybridized carbons (Fsp3) is 0.267. The van der Waals surface area contributed by atoms with E-state index in [1.807, 2.05) is 18.2 Å². The number of pyridine rings is 1. The molecule has 0 saturated carbocycles. The molecule has 0 bridgehead atoms. The average Bonchev–Trinajstić information content (AvgIpc) is 2.50. The number of rotatable bonds is 6. The number of methoxy groups -OCH3 is 1. The van der Waals surface area contributed by atoms with Crippen molar-refractivity contribution in [2.75, 3.05) is 26.8 Å². The number of aromatic nitrogens is 1. The predicted molar refractivity (Wildman–Crippen MR) is 77.2 cm³/mol. The summed E-state index contributed by atoms with van der Waals surface area (Å²) >= 11 is 0. The van der Waals surface area contributed by atoms with Crippen molar-refractivity contribution in [3.63, 3.8) is 0 Å². The number of aliphatic carboxylic acids is 1. The molecular weight excluding hydrogens is 272 g/mol. The Bertz CT molecular complexity index is 652. The van der Waals surface area contributed by atoms with Gasteiger partial charge in [0.25, 0.3) is 5.91 Å². The molecule has 1 aromatic carbocycles. The molecule has 1 heterocycles. The number of fused-ring (bicyclic) bond motifs is 1. The van der Waals surface area contributed by atoms with Gasteiger partial charge in [-0.2, -0.15) is 0 Å². The normalized spacial score (nSPS) is 10.5. The lowest BCUT2D eigenvalue weighted by atomic mass is 10.1. The summed E-state index contributed by atoms with van der Waals surface area (Å²) in [4.78, 5) is 29.0. The Morgan fingerprint density at radius 3 is 2.76 bits per heavy atom. The maximum absolute atomic E-state index is 12.6. The number of carbonyl (C=O) groups excluding carboxylic acids is 1. The fourth-order valence-corrected chi connectivity index (χ4v) is 2.07. The number of carboxylic acids is 1. The number of benzene rings is 1. The lowest BCUT2D eigenvalue weighted by Gasteiger charge is -2.21. The van der Waals surface area contributed by atoms with Gasteiger partial charge in [0.1, 0.15) is 6.54 Å². The highest BCUT2D eigenvalue weighted by Crippen LogP contribution is 2.17. The van der Waals surface area contributed by atoms with Crippen molar-refractivity contribution >= 4 is 22.8 Å². The first kappa shape index (κ1) is 14.9. The Morgan fingerprint density at radius 1 is 1.29 bits per heavy atom. The molecule has 2 rings (SSSR count). The van der Waals surface area contributed by atoms with Crippen molar-refractivity contribution in [2.45, 2.75) is 0 Å². The van der Waals surface area contributed by atoms with Crippen LogP contribution in [0.3, 0.4) is 0 Å². The third-order valence-corrected chi connectivity index (χ3v) is 3.06. The van der Waals surface area contributed by atoms with Gasteiger partial charge in [-0.3, -0.25) is 14.6 Å². The van der Waals surface area contributed by atoms with Crippen LogP contribution in [0.4, 0.5) is 0 Å². The Hall–Kier alpha value is -2.47. The van der Waals surface area contributed by atoms with Crippen LogP contribution in [0.5, 0.6) is 0 Å². The van der Waals surface area contributed by atoms with E-state index in [1.54, 1.807) is 18.3 Å². The molecule has 0 atom stereocenters. The predicted octanol–water partition coefficient (Wildman–Crippen LogP) is 1.41. The second-order valence-corrected chi connectivity index (χ2v) is 4.49. The van der Waals surface area contributed by atoms with Crippen molar-refractivity contribution in [1.82, 2.24) is 9.88 Å². The molecule has 6 nitrogen and oxygen atoms in total. The van der Waals surface area contributed by atoms with Gasteiger partial charge in [0.15, 0.2) is 0 Å². The summed E-state index contributed by atoms with van der Waals surface area (Å²) < 4.78 is 4.93. The van der Waals surface area contributed by atoms with Crippen LogP contribution in [0, 0.1) is 0 Å². The van der Waals surface area contributed by atoms with E-state index in [2.05, 4.69) is 4.98 Å². The Labute approximate surface area is 122 Å². The molecule has 6 heteroatoms. The van der Waals surface area contributed by atoms with E-state index in [-0.39, 0.29) is 25.6 Å². The van der Waals surface area contributed by atoms with E-state index in [4.69, 9.17) is 9.84 Å². The molecule has 0 aliphatic rings. The lowest BCUT2D eigenvalue weighted by Crippen LogP contribution is -2.38. The van der Waals surface area contributed by atoms with Crippen molar-refractivity contribution in [2.24, 2.45) is 0 Å². The minimum absolute atomic E-state index is 0.221. The van der Waals surface area contributed by atoms with Crippen LogP contribution in [-0.4, -0.2) is 53.7 Å². The molecule has 1 aromatic heterocycles. The maximum Gasteiger partial charge on any atom is 0.323 e.